The van der Waals surface area contributed by atoms with Crippen LogP contribution in [0, 0.1) is 0 Å². The van der Waals surface area contributed by atoms with Crippen molar-refractivity contribution < 1.29 is 8.42 Å². The minimum atomic E-state index is -3.12. The fourth-order valence-corrected chi connectivity index (χ4v) is 4.15. The molecule has 8 heteroatoms. The van der Waals surface area contributed by atoms with Crippen LogP contribution < -0.4 is 14.9 Å². The van der Waals surface area contributed by atoms with Gasteiger partial charge in [0.1, 0.15) is 0 Å². The van der Waals surface area contributed by atoms with E-state index in [-0.39, 0.29) is 29.7 Å². The summed E-state index contributed by atoms with van der Waals surface area (Å²) < 4.78 is 25.4. The Kier molecular flexibility index (Phi) is 5.54. The van der Waals surface area contributed by atoms with E-state index in [2.05, 4.69) is 22.5 Å². The number of aliphatic imine (C=N–C) groups is 1. The summed E-state index contributed by atoms with van der Waals surface area (Å²) in [6.07, 6.45) is 0.698. The highest BCUT2D eigenvalue weighted by Crippen LogP contribution is 2.24. The highest BCUT2D eigenvalue weighted by Gasteiger charge is 2.28. The average molecular weight is 436 g/mol. The van der Waals surface area contributed by atoms with Gasteiger partial charge in [-0.15, -0.1) is 24.0 Å². The number of guanidine groups is 1. The number of hydrogen-bond acceptors (Lipinski definition) is 5. The van der Waals surface area contributed by atoms with Crippen molar-refractivity contribution >= 4 is 45.6 Å². The molecule has 1 aromatic carbocycles. The van der Waals surface area contributed by atoms with Crippen LogP contribution in [0.4, 0.5) is 5.69 Å². The molecule has 2 N–H and O–H groups in total. The minimum Gasteiger partial charge on any atom is -0.352 e. The number of sulfonamides is 1. The average Bonchev–Trinajstić information content (AvgIpc) is 3.02. The molecule has 2 aliphatic rings. The molecule has 122 valence electrons. The maximum Gasteiger partial charge on any atom is 0.235 e. The smallest absolute Gasteiger partial charge is 0.235 e. The third kappa shape index (κ3) is 3.83. The van der Waals surface area contributed by atoms with Crippen molar-refractivity contribution in [1.29, 1.82) is 0 Å². The molecule has 6 nitrogen and oxygen atoms in total. The van der Waals surface area contributed by atoms with E-state index >= 15 is 0 Å². The molecule has 2 aliphatic heterocycles. The largest absolute Gasteiger partial charge is 0.352 e. The third-order valence-electron chi connectivity index (χ3n) is 3.66. The van der Waals surface area contributed by atoms with Gasteiger partial charge in [0, 0.05) is 19.1 Å². The van der Waals surface area contributed by atoms with Gasteiger partial charge in [-0.3, -0.25) is 9.30 Å². The van der Waals surface area contributed by atoms with E-state index in [9.17, 15) is 8.42 Å². The van der Waals surface area contributed by atoms with Crippen LogP contribution in [0.2, 0.25) is 0 Å². The molecular weight excluding hydrogens is 415 g/mol. The quantitative estimate of drug-likeness (QED) is 0.701. The predicted molar refractivity (Wildman–Crippen MR) is 99.3 cm³/mol. The Morgan fingerprint density at radius 2 is 2.27 bits per heavy atom. The number of benzene rings is 1. The number of nitrogens with one attached hydrogen (secondary N) is 2. The highest BCUT2D eigenvalue weighted by atomic mass is 127. The summed E-state index contributed by atoms with van der Waals surface area (Å²) >= 11 is 0. The fraction of sp³-hybridized carbons (Fsp3) is 0.500. The van der Waals surface area contributed by atoms with Crippen molar-refractivity contribution in [3.8, 4) is 0 Å². The Morgan fingerprint density at radius 1 is 1.45 bits per heavy atom. The fourth-order valence-electron chi connectivity index (χ4n) is 2.60. The van der Waals surface area contributed by atoms with Crippen molar-refractivity contribution in [3.05, 3.63) is 29.8 Å². The van der Waals surface area contributed by atoms with Gasteiger partial charge in [-0.05, 0) is 31.0 Å². The maximum atomic E-state index is 12.0. The monoisotopic (exact) mass is 436 g/mol. The molecule has 0 aliphatic carbocycles. The Balaban J connectivity index is 0.00000176. The van der Waals surface area contributed by atoms with Crippen LogP contribution in [0.3, 0.4) is 0 Å². The second-order valence-electron chi connectivity index (χ2n) is 5.50. The normalized spacial score (nSPS) is 22.7. The van der Waals surface area contributed by atoms with Crippen LogP contribution in [0.25, 0.3) is 0 Å². The van der Waals surface area contributed by atoms with Crippen LogP contribution in [0.5, 0.6) is 0 Å². The van der Waals surface area contributed by atoms with E-state index in [0.717, 1.165) is 23.8 Å². The van der Waals surface area contributed by atoms with Crippen molar-refractivity contribution in [2.45, 2.75) is 25.9 Å². The zero-order valence-electron chi connectivity index (χ0n) is 12.4. The molecule has 1 atom stereocenters. The predicted octanol–water partition coefficient (Wildman–Crippen LogP) is 1.28. The first-order chi connectivity index (χ1) is 10.0. The lowest BCUT2D eigenvalue weighted by Gasteiger charge is -2.18. The summed E-state index contributed by atoms with van der Waals surface area (Å²) in [5.41, 5.74) is 1.79. The molecule has 1 fully saturated rings. The lowest BCUT2D eigenvalue weighted by Crippen LogP contribution is -2.37. The minimum absolute atomic E-state index is 0. The highest BCUT2D eigenvalue weighted by molar-refractivity contribution is 14.0. The van der Waals surface area contributed by atoms with E-state index in [1.165, 1.54) is 4.31 Å². The van der Waals surface area contributed by atoms with Gasteiger partial charge >= 0.3 is 0 Å². The maximum absolute atomic E-state index is 12.0. The van der Waals surface area contributed by atoms with Crippen molar-refractivity contribution in [3.63, 3.8) is 0 Å². The Morgan fingerprint density at radius 3 is 2.91 bits per heavy atom. The molecule has 1 unspecified atom stereocenters. The lowest BCUT2D eigenvalue weighted by molar-refractivity contribution is 0.599. The molecule has 3 rings (SSSR count). The Bertz CT molecular complexity index is 663. The first-order valence-electron chi connectivity index (χ1n) is 7.19. The summed E-state index contributed by atoms with van der Waals surface area (Å²) in [5, 5.41) is 6.48. The van der Waals surface area contributed by atoms with Gasteiger partial charge in [-0.2, -0.15) is 0 Å². The number of rotatable bonds is 3. The van der Waals surface area contributed by atoms with Crippen LogP contribution >= 0.6 is 24.0 Å². The molecule has 22 heavy (non-hydrogen) atoms. The molecule has 2 heterocycles. The number of hydrogen-bond donors (Lipinski definition) is 2. The molecule has 0 aromatic heterocycles. The number of halogens is 1. The second kappa shape index (κ2) is 7.03. The molecule has 0 radical (unpaired) electrons. The second-order valence-corrected chi connectivity index (χ2v) is 7.51. The van der Waals surface area contributed by atoms with Gasteiger partial charge in [-0.25, -0.2) is 8.42 Å². The van der Waals surface area contributed by atoms with Gasteiger partial charge in [-0.1, -0.05) is 12.1 Å². The summed E-state index contributed by atoms with van der Waals surface area (Å²) in [6.45, 7) is 4.07. The SMILES string of the molecule is CC1CN=C(NCc2cccc(N3CCCS3(=O)=O)c2)N1.I. The van der Waals surface area contributed by atoms with Gasteiger partial charge in [0.25, 0.3) is 0 Å². The van der Waals surface area contributed by atoms with Gasteiger partial charge < -0.3 is 10.6 Å². The summed E-state index contributed by atoms with van der Waals surface area (Å²) in [5.74, 6) is 1.05. The van der Waals surface area contributed by atoms with E-state index in [1.807, 2.05) is 24.3 Å². The summed E-state index contributed by atoms with van der Waals surface area (Å²) in [4.78, 5) is 4.34. The zero-order valence-corrected chi connectivity index (χ0v) is 15.6. The first-order valence-corrected chi connectivity index (χ1v) is 8.80. The van der Waals surface area contributed by atoms with Gasteiger partial charge in [0.15, 0.2) is 5.96 Å². The van der Waals surface area contributed by atoms with Crippen LogP contribution in [-0.4, -0.2) is 39.3 Å². The van der Waals surface area contributed by atoms with E-state index in [1.54, 1.807) is 0 Å². The zero-order chi connectivity index (χ0) is 14.9. The topological polar surface area (TPSA) is 73.8 Å². The molecule has 0 saturated carbocycles. The number of nitrogens with zero attached hydrogens (tertiary/aromatic N) is 2. The van der Waals surface area contributed by atoms with Crippen molar-refractivity contribution in [2.75, 3.05) is 23.1 Å². The standard InChI is InChI=1S/C14H20N4O2S.HI/c1-11-9-15-14(17-11)16-10-12-4-2-5-13(8-12)18-6-3-7-21(18,19)20;/h2,4-5,8,11H,3,6-7,9-10H2,1H3,(H2,15,16,17);1H. The van der Waals surface area contributed by atoms with Crippen molar-refractivity contribution in [1.82, 2.24) is 10.6 Å². The van der Waals surface area contributed by atoms with Crippen LogP contribution in [0.1, 0.15) is 18.9 Å². The van der Waals surface area contributed by atoms with E-state index in [4.69, 9.17) is 0 Å². The van der Waals surface area contributed by atoms with Crippen LogP contribution in [-0.2, 0) is 16.6 Å². The third-order valence-corrected chi connectivity index (χ3v) is 5.53. The summed E-state index contributed by atoms with van der Waals surface area (Å²) in [7, 11) is -3.12. The van der Waals surface area contributed by atoms with Crippen molar-refractivity contribution in [2.24, 2.45) is 4.99 Å². The van der Waals surface area contributed by atoms with E-state index in [0.29, 0.717) is 25.6 Å². The first kappa shape index (κ1) is 17.3. The summed E-state index contributed by atoms with van der Waals surface area (Å²) in [6, 6.07) is 8.02. The Labute approximate surface area is 148 Å². The van der Waals surface area contributed by atoms with Gasteiger partial charge in [0.05, 0.1) is 18.0 Å². The molecule has 0 bridgehead atoms. The molecule has 1 aromatic rings. The lowest BCUT2D eigenvalue weighted by atomic mass is 10.2. The molecular formula is C14H21IN4O2S. The molecule has 1 saturated heterocycles. The van der Waals surface area contributed by atoms with Crippen LogP contribution in [0.15, 0.2) is 29.3 Å². The molecule has 0 spiro atoms. The number of anilines is 1. The van der Waals surface area contributed by atoms with E-state index < -0.39 is 10.0 Å². The van der Waals surface area contributed by atoms with Gasteiger partial charge in [0.2, 0.25) is 10.0 Å². The molecule has 0 amide bonds. The Hall–Kier alpha value is -1.03.